The molecule has 0 radical (unpaired) electrons. The van der Waals surface area contributed by atoms with E-state index in [0.717, 1.165) is 55.6 Å². The third-order valence-corrected chi connectivity index (χ3v) is 5.78. The van der Waals surface area contributed by atoms with Gasteiger partial charge in [0.25, 0.3) is 0 Å². The Balaban J connectivity index is 1.37. The fourth-order valence-corrected chi connectivity index (χ4v) is 4.04. The lowest BCUT2D eigenvalue weighted by atomic mass is 9.79. The van der Waals surface area contributed by atoms with Crippen LogP contribution in [0.2, 0.25) is 0 Å². The van der Waals surface area contributed by atoms with E-state index >= 15 is 0 Å². The monoisotopic (exact) mass is 356 g/mol. The molecule has 2 aromatic rings. The van der Waals surface area contributed by atoms with Crippen molar-refractivity contribution in [1.29, 1.82) is 0 Å². The van der Waals surface area contributed by atoms with Crippen molar-refractivity contribution in [2.45, 2.75) is 58.0 Å². The van der Waals surface area contributed by atoms with Crippen molar-refractivity contribution in [3.63, 3.8) is 0 Å². The van der Waals surface area contributed by atoms with Crippen LogP contribution in [0, 0.1) is 11.8 Å². The Morgan fingerprint density at radius 2 is 1.81 bits per heavy atom. The molecule has 0 amide bonds. The van der Waals surface area contributed by atoms with E-state index in [9.17, 15) is 0 Å². The molecular formula is C21H28N2O3. The van der Waals surface area contributed by atoms with Crippen LogP contribution in [0.5, 0.6) is 5.75 Å². The van der Waals surface area contributed by atoms with Gasteiger partial charge in [-0.15, -0.1) is 0 Å². The smallest absolute Gasteiger partial charge is 0.227 e. The first-order chi connectivity index (χ1) is 12.8. The van der Waals surface area contributed by atoms with E-state index in [2.05, 4.69) is 17.1 Å². The van der Waals surface area contributed by atoms with Crippen LogP contribution in [-0.4, -0.2) is 29.5 Å². The van der Waals surface area contributed by atoms with Crippen LogP contribution in [0.25, 0.3) is 11.4 Å². The third kappa shape index (κ3) is 4.26. The van der Waals surface area contributed by atoms with Gasteiger partial charge >= 0.3 is 0 Å². The molecule has 26 heavy (non-hydrogen) atoms. The Kier molecular flexibility index (Phi) is 5.54. The molecule has 0 bridgehead atoms. The first-order valence-electron chi connectivity index (χ1n) is 9.95. The predicted octanol–water partition coefficient (Wildman–Crippen LogP) is 4.66. The highest BCUT2D eigenvalue weighted by molar-refractivity contribution is 5.55. The minimum atomic E-state index is 0.254. The van der Waals surface area contributed by atoms with E-state index in [-0.39, 0.29) is 6.10 Å². The maximum Gasteiger partial charge on any atom is 0.227 e. The summed E-state index contributed by atoms with van der Waals surface area (Å²) in [4.78, 5) is 4.62. The molecule has 1 saturated heterocycles. The van der Waals surface area contributed by atoms with Gasteiger partial charge in [-0.2, -0.15) is 4.98 Å². The van der Waals surface area contributed by atoms with Gasteiger partial charge in [-0.25, -0.2) is 0 Å². The quantitative estimate of drug-likeness (QED) is 0.779. The second kappa shape index (κ2) is 8.21. The Labute approximate surface area is 155 Å². The van der Waals surface area contributed by atoms with Crippen LogP contribution in [-0.2, 0) is 11.2 Å². The summed E-state index contributed by atoms with van der Waals surface area (Å²) < 4.78 is 16.9. The number of rotatable bonds is 5. The summed E-state index contributed by atoms with van der Waals surface area (Å²) in [6.07, 6.45) is 8.34. The summed E-state index contributed by atoms with van der Waals surface area (Å²) in [7, 11) is 0. The molecule has 2 unspecified atom stereocenters. The van der Waals surface area contributed by atoms with Crippen LogP contribution in [0.1, 0.15) is 51.3 Å². The zero-order chi connectivity index (χ0) is 17.8. The highest BCUT2D eigenvalue weighted by Gasteiger charge is 2.24. The molecule has 0 spiro atoms. The van der Waals surface area contributed by atoms with Crippen LogP contribution in [0.4, 0.5) is 0 Å². The topological polar surface area (TPSA) is 57.4 Å². The Bertz CT molecular complexity index is 692. The van der Waals surface area contributed by atoms with Crippen LogP contribution in [0.15, 0.2) is 28.8 Å². The molecule has 2 fully saturated rings. The molecule has 1 aliphatic heterocycles. The zero-order valence-corrected chi connectivity index (χ0v) is 15.5. The van der Waals surface area contributed by atoms with Gasteiger partial charge in [0, 0.05) is 24.8 Å². The van der Waals surface area contributed by atoms with E-state index in [4.69, 9.17) is 14.0 Å². The Morgan fingerprint density at radius 1 is 1.04 bits per heavy atom. The van der Waals surface area contributed by atoms with Gasteiger partial charge in [0.1, 0.15) is 11.9 Å². The fraction of sp³-hybridized carbons (Fsp3) is 0.619. The first kappa shape index (κ1) is 17.5. The molecule has 5 nitrogen and oxygen atoms in total. The average molecular weight is 356 g/mol. The SMILES string of the molecule is CC1CCCCC1Cc1nc(-c2ccc(OC3CCOCC3)cc2)no1. The Morgan fingerprint density at radius 3 is 2.58 bits per heavy atom. The molecule has 1 aromatic carbocycles. The van der Waals surface area contributed by atoms with Crippen molar-refractivity contribution < 1.29 is 14.0 Å². The second-order valence-electron chi connectivity index (χ2n) is 7.69. The first-order valence-corrected chi connectivity index (χ1v) is 9.95. The summed E-state index contributed by atoms with van der Waals surface area (Å²) in [5, 5.41) is 4.18. The molecule has 1 aromatic heterocycles. The summed E-state index contributed by atoms with van der Waals surface area (Å²) >= 11 is 0. The summed E-state index contributed by atoms with van der Waals surface area (Å²) in [5.41, 5.74) is 0.969. The molecular weight excluding hydrogens is 328 g/mol. The molecule has 0 N–H and O–H groups in total. The molecule has 2 aliphatic rings. The highest BCUT2D eigenvalue weighted by Crippen LogP contribution is 2.32. The van der Waals surface area contributed by atoms with Crippen molar-refractivity contribution in [3.8, 4) is 17.1 Å². The number of hydrogen-bond donors (Lipinski definition) is 0. The standard InChI is InChI=1S/C21H28N2O3/c1-15-4-2-3-5-17(15)14-20-22-21(23-26-20)16-6-8-18(9-7-16)25-19-10-12-24-13-11-19/h6-9,15,17,19H,2-5,10-14H2,1H3. The van der Waals surface area contributed by atoms with Gasteiger partial charge in [-0.1, -0.05) is 31.3 Å². The fourth-order valence-electron chi connectivity index (χ4n) is 4.04. The maximum absolute atomic E-state index is 6.02. The molecule has 1 aliphatic carbocycles. The van der Waals surface area contributed by atoms with Gasteiger partial charge < -0.3 is 14.0 Å². The number of benzene rings is 1. The van der Waals surface area contributed by atoms with Gasteiger partial charge in [-0.3, -0.25) is 0 Å². The Hall–Kier alpha value is -1.88. The predicted molar refractivity (Wildman–Crippen MR) is 99.0 cm³/mol. The molecule has 2 heterocycles. The number of ether oxygens (including phenoxy) is 2. The molecule has 4 rings (SSSR count). The number of hydrogen-bond acceptors (Lipinski definition) is 5. The highest BCUT2D eigenvalue weighted by atomic mass is 16.5. The van der Waals surface area contributed by atoms with Crippen LogP contribution in [0.3, 0.4) is 0 Å². The molecule has 140 valence electrons. The van der Waals surface area contributed by atoms with Crippen molar-refractivity contribution in [3.05, 3.63) is 30.2 Å². The lowest BCUT2D eigenvalue weighted by Crippen LogP contribution is -2.25. The van der Waals surface area contributed by atoms with Gasteiger partial charge in [0.2, 0.25) is 11.7 Å². The van der Waals surface area contributed by atoms with Crippen LogP contribution >= 0.6 is 0 Å². The van der Waals surface area contributed by atoms with E-state index in [0.29, 0.717) is 11.7 Å². The minimum absolute atomic E-state index is 0.254. The maximum atomic E-state index is 6.02. The van der Waals surface area contributed by atoms with E-state index in [1.807, 2.05) is 24.3 Å². The number of nitrogens with zero attached hydrogens (tertiary/aromatic N) is 2. The lowest BCUT2D eigenvalue weighted by molar-refractivity contribution is 0.0256. The average Bonchev–Trinajstić information content (AvgIpc) is 3.14. The summed E-state index contributed by atoms with van der Waals surface area (Å²) in [6.45, 7) is 3.92. The van der Waals surface area contributed by atoms with Crippen molar-refractivity contribution in [1.82, 2.24) is 10.1 Å². The molecule has 2 atom stereocenters. The summed E-state index contributed by atoms with van der Waals surface area (Å²) in [5.74, 6) is 3.75. The number of aromatic nitrogens is 2. The van der Waals surface area contributed by atoms with E-state index in [1.54, 1.807) is 0 Å². The van der Waals surface area contributed by atoms with Crippen molar-refractivity contribution >= 4 is 0 Å². The van der Waals surface area contributed by atoms with E-state index in [1.165, 1.54) is 25.7 Å². The second-order valence-corrected chi connectivity index (χ2v) is 7.69. The molecule has 1 saturated carbocycles. The summed E-state index contributed by atoms with van der Waals surface area (Å²) in [6, 6.07) is 7.99. The van der Waals surface area contributed by atoms with Crippen molar-refractivity contribution in [2.24, 2.45) is 11.8 Å². The van der Waals surface area contributed by atoms with Gasteiger partial charge in [-0.05, 0) is 42.5 Å². The molecule has 5 heteroatoms. The lowest BCUT2D eigenvalue weighted by Gasteiger charge is -2.27. The third-order valence-electron chi connectivity index (χ3n) is 5.78. The van der Waals surface area contributed by atoms with E-state index < -0.39 is 0 Å². The van der Waals surface area contributed by atoms with Gasteiger partial charge in [0.05, 0.1) is 13.2 Å². The van der Waals surface area contributed by atoms with Crippen LogP contribution < -0.4 is 4.74 Å². The van der Waals surface area contributed by atoms with Crippen molar-refractivity contribution in [2.75, 3.05) is 13.2 Å². The normalized spacial score (nSPS) is 24.5. The zero-order valence-electron chi connectivity index (χ0n) is 15.5. The largest absolute Gasteiger partial charge is 0.490 e. The van der Waals surface area contributed by atoms with Gasteiger partial charge in [0.15, 0.2) is 0 Å². The minimum Gasteiger partial charge on any atom is -0.490 e.